The summed E-state index contributed by atoms with van der Waals surface area (Å²) >= 11 is 0. The molecule has 0 spiro atoms. The highest BCUT2D eigenvalue weighted by Gasteiger charge is 2.34. The van der Waals surface area contributed by atoms with Crippen LogP contribution < -0.4 is 5.32 Å². The Labute approximate surface area is 159 Å². The molecule has 1 amide bonds. The van der Waals surface area contributed by atoms with E-state index in [1.54, 1.807) is 31.2 Å². The van der Waals surface area contributed by atoms with Gasteiger partial charge < -0.3 is 9.88 Å². The molecular weight excluding hydrogens is 368 g/mol. The number of amides is 1. The number of piperidine rings is 1. The maximum Gasteiger partial charge on any atom is 0.246 e. The number of aromatic nitrogens is 4. The van der Waals surface area contributed by atoms with Gasteiger partial charge in [0.05, 0.1) is 24.1 Å². The molecule has 3 heterocycles. The summed E-state index contributed by atoms with van der Waals surface area (Å²) in [6.07, 6.45) is 8.89. The molecule has 27 heavy (non-hydrogen) atoms. The molecule has 148 valence electrons. The molecule has 9 nitrogen and oxygen atoms in total. The van der Waals surface area contributed by atoms with E-state index in [9.17, 15) is 13.2 Å². The molecule has 1 fully saturated rings. The summed E-state index contributed by atoms with van der Waals surface area (Å²) in [5, 5.41) is 6.96. The molecule has 0 radical (unpaired) electrons. The van der Waals surface area contributed by atoms with E-state index in [2.05, 4.69) is 15.4 Å². The van der Waals surface area contributed by atoms with Crippen molar-refractivity contribution < 1.29 is 13.2 Å². The summed E-state index contributed by atoms with van der Waals surface area (Å²) in [7, 11) is -1.92. The zero-order valence-electron chi connectivity index (χ0n) is 15.7. The lowest BCUT2D eigenvalue weighted by molar-refractivity contribution is -0.126. The molecule has 1 atom stereocenters. The molecule has 2 aromatic rings. The largest absolute Gasteiger partial charge is 0.356 e. The molecule has 1 aliphatic heterocycles. The fourth-order valence-electron chi connectivity index (χ4n) is 3.28. The lowest BCUT2D eigenvalue weighted by Crippen LogP contribution is -2.45. The maximum absolute atomic E-state index is 12.9. The van der Waals surface area contributed by atoms with Crippen molar-refractivity contribution >= 4 is 15.9 Å². The molecule has 1 unspecified atom stereocenters. The van der Waals surface area contributed by atoms with Crippen LogP contribution in [0, 0.1) is 12.8 Å². The number of nitrogens with zero attached hydrogens (tertiary/aromatic N) is 5. The fraction of sp³-hybridized carbons (Fsp3) is 0.588. The van der Waals surface area contributed by atoms with Crippen LogP contribution in [0.1, 0.15) is 25.0 Å². The molecule has 10 heteroatoms. The number of carbonyl (C=O) groups excluding carboxylic acids is 1. The second kappa shape index (κ2) is 8.22. The van der Waals surface area contributed by atoms with Crippen LogP contribution in [-0.2, 0) is 28.4 Å². The first kappa shape index (κ1) is 19.6. The molecule has 2 aromatic heterocycles. The van der Waals surface area contributed by atoms with Gasteiger partial charge in [-0.05, 0) is 26.2 Å². The topological polar surface area (TPSA) is 102 Å². The van der Waals surface area contributed by atoms with Gasteiger partial charge in [-0.2, -0.15) is 9.40 Å². The fourth-order valence-corrected chi connectivity index (χ4v) is 4.99. The summed E-state index contributed by atoms with van der Waals surface area (Å²) in [5.74, 6) is -0.401. The monoisotopic (exact) mass is 394 g/mol. The number of hydrogen-bond acceptors (Lipinski definition) is 5. The van der Waals surface area contributed by atoms with Crippen LogP contribution in [-0.4, -0.2) is 57.6 Å². The Morgan fingerprint density at radius 1 is 1.41 bits per heavy atom. The lowest BCUT2D eigenvalue weighted by Gasteiger charge is -2.31. The molecule has 1 N–H and O–H groups in total. The van der Waals surface area contributed by atoms with Crippen molar-refractivity contribution in [2.75, 3.05) is 19.6 Å². The zero-order chi connectivity index (χ0) is 19.4. The zero-order valence-corrected chi connectivity index (χ0v) is 16.5. The highest BCUT2D eigenvalue weighted by atomic mass is 32.2. The van der Waals surface area contributed by atoms with Gasteiger partial charge in [-0.1, -0.05) is 0 Å². The second-order valence-electron chi connectivity index (χ2n) is 6.87. The third-order valence-corrected chi connectivity index (χ3v) is 6.98. The third kappa shape index (κ3) is 4.38. The number of hydrogen-bond donors (Lipinski definition) is 1. The Kier molecular flexibility index (Phi) is 5.95. The summed E-state index contributed by atoms with van der Waals surface area (Å²) in [6.45, 7) is 3.72. The predicted octanol–water partition coefficient (Wildman–Crippen LogP) is 0.532. The Bertz CT molecular complexity index is 875. The number of rotatable bonds is 7. The van der Waals surface area contributed by atoms with Crippen LogP contribution in [0.25, 0.3) is 0 Å². The first-order chi connectivity index (χ1) is 12.9. The molecule has 0 saturated carbocycles. The first-order valence-electron chi connectivity index (χ1n) is 9.12. The van der Waals surface area contributed by atoms with Crippen molar-refractivity contribution in [3.8, 4) is 0 Å². The number of carbonyl (C=O) groups is 1. The molecule has 1 aliphatic rings. The van der Waals surface area contributed by atoms with Crippen molar-refractivity contribution in [1.29, 1.82) is 0 Å². The van der Waals surface area contributed by atoms with Crippen molar-refractivity contribution in [2.24, 2.45) is 13.0 Å². The van der Waals surface area contributed by atoms with Gasteiger partial charge in [-0.25, -0.2) is 13.4 Å². The van der Waals surface area contributed by atoms with Crippen molar-refractivity contribution in [3.63, 3.8) is 0 Å². The number of sulfonamides is 1. The van der Waals surface area contributed by atoms with Crippen LogP contribution >= 0.6 is 0 Å². The summed E-state index contributed by atoms with van der Waals surface area (Å²) in [6, 6.07) is 0. The van der Waals surface area contributed by atoms with Gasteiger partial charge in [0.2, 0.25) is 15.9 Å². The Balaban J connectivity index is 1.55. The highest BCUT2D eigenvalue weighted by Crippen LogP contribution is 2.25. The maximum atomic E-state index is 12.9. The quantitative estimate of drug-likeness (QED) is 0.690. The average molecular weight is 395 g/mol. The number of imidazole rings is 1. The predicted molar refractivity (Wildman–Crippen MR) is 99.3 cm³/mol. The molecule has 1 saturated heterocycles. The minimum atomic E-state index is -3.63. The minimum Gasteiger partial charge on any atom is -0.356 e. The van der Waals surface area contributed by atoms with E-state index in [4.69, 9.17) is 0 Å². The minimum absolute atomic E-state index is 0.0801. The van der Waals surface area contributed by atoms with Crippen molar-refractivity contribution in [3.05, 3.63) is 30.6 Å². The van der Waals surface area contributed by atoms with Gasteiger partial charge >= 0.3 is 0 Å². The summed E-state index contributed by atoms with van der Waals surface area (Å²) in [5.41, 5.74) is 0.598. The number of aryl methyl sites for hydroxylation is 2. The van der Waals surface area contributed by atoms with Crippen LogP contribution in [0.3, 0.4) is 0 Å². The SMILES string of the molecule is Cc1c(S(=O)(=O)N2CCCC(C(=O)NCCCn3ccnc3)C2)cnn1C. The van der Waals surface area contributed by atoms with E-state index in [1.807, 2.05) is 10.8 Å². The van der Waals surface area contributed by atoms with Crippen LogP contribution in [0.15, 0.2) is 29.8 Å². The average Bonchev–Trinajstić information content (AvgIpc) is 3.29. The number of nitrogens with one attached hydrogen (secondary N) is 1. The Morgan fingerprint density at radius 2 is 2.22 bits per heavy atom. The standard InChI is InChI=1S/C17H26N6O3S/c1-14-16(11-20-21(14)2)27(25,26)23-9-3-5-15(12-23)17(24)19-6-4-8-22-10-7-18-13-22/h7,10-11,13,15H,3-6,8-9,12H2,1-2H3,(H,19,24). The van der Waals surface area contributed by atoms with Crippen LogP contribution in [0.4, 0.5) is 0 Å². The van der Waals surface area contributed by atoms with E-state index < -0.39 is 10.0 Å². The molecule has 0 aliphatic carbocycles. The lowest BCUT2D eigenvalue weighted by atomic mass is 9.99. The van der Waals surface area contributed by atoms with Crippen LogP contribution in [0.5, 0.6) is 0 Å². The van der Waals surface area contributed by atoms with Gasteiger partial charge in [0.15, 0.2) is 0 Å². The van der Waals surface area contributed by atoms with Crippen LogP contribution in [0.2, 0.25) is 0 Å². The summed E-state index contributed by atoms with van der Waals surface area (Å²) in [4.78, 5) is 16.7. The smallest absolute Gasteiger partial charge is 0.246 e. The Morgan fingerprint density at radius 3 is 2.89 bits per heavy atom. The van der Waals surface area contributed by atoms with Gasteiger partial charge in [-0.3, -0.25) is 9.48 Å². The van der Waals surface area contributed by atoms with E-state index in [0.29, 0.717) is 31.6 Å². The molecule has 0 bridgehead atoms. The van der Waals surface area contributed by atoms with Gasteiger partial charge in [0.25, 0.3) is 0 Å². The van der Waals surface area contributed by atoms with E-state index in [0.717, 1.165) is 13.0 Å². The molecular formula is C17H26N6O3S. The first-order valence-corrected chi connectivity index (χ1v) is 10.6. The normalized spacial score (nSPS) is 18.5. The van der Waals surface area contributed by atoms with Crippen molar-refractivity contribution in [1.82, 2.24) is 29.0 Å². The molecule has 0 aromatic carbocycles. The van der Waals surface area contributed by atoms with E-state index >= 15 is 0 Å². The van der Waals surface area contributed by atoms with Gasteiger partial charge in [0.1, 0.15) is 4.90 Å². The highest BCUT2D eigenvalue weighted by molar-refractivity contribution is 7.89. The van der Waals surface area contributed by atoms with E-state index in [1.165, 1.54) is 10.5 Å². The summed E-state index contributed by atoms with van der Waals surface area (Å²) < 4.78 is 30.7. The van der Waals surface area contributed by atoms with Crippen molar-refractivity contribution in [2.45, 2.75) is 37.6 Å². The van der Waals surface area contributed by atoms with Gasteiger partial charge in [0, 0.05) is 45.6 Å². The second-order valence-corrected chi connectivity index (χ2v) is 8.77. The molecule has 3 rings (SSSR count). The van der Waals surface area contributed by atoms with Gasteiger partial charge in [-0.15, -0.1) is 0 Å². The van der Waals surface area contributed by atoms with E-state index in [-0.39, 0.29) is 23.3 Å². The Hall–Kier alpha value is -2.20. The third-order valence-electron chi connectivity index (χ3n) is 5.01.